The molecule has 0 saturated carbocycles. The first-order valence-corrected chi connectivity index (χ1v) is 5.47. The maximum atomic E-state index is 11.2. The topological polar surface area (TPSA) is 42.0 Å². The molecule has 1 unspecified atom stereocenters. The zero-order chi connectivity index (χ0) is 11.0. The number of amides is 1. The van der Waals surface area contributed by atoms with Crippen molar-refractivity contribution in [2.24, 2.45) is 0 Å². The van der Waals surface area contributed by atoms with Crippen molar-refractivity contribution in [3.05, 3.63) is 42.1 Å². The molecular formula is C13H12N2O. The van der Waals surface area contributed by atoms with Gasteiger partial charge in [0.1, 0.15) is 0 Å². The minimum atomic E-state index is 0.149. The minimum Gasteiger partial charge on any atom is -0.349 e. The monoisotopic (exact) mass is 212 g/mol. The van der Waals surface area contributed by atoms with Gasteiger partial charge in [0.2, 0.25) is 5.91 Å². The number of aromatic nitrogens is 1. The van der Waals surface area contributed by atoms with E-state index in [2.05, 4.69) is 16.4 Å². The van der Waals surface area contributed by atoms with Crippen LogP contribution in [0.4, 0.5) is 0 Å². The van der Waals surface area contributed by atoms with E-state index >= 15 is 0 Å². The molecule has 3 rings (SSSR count). The third-order valence-electron chi connectivity index (χ3n) is 3.02. The minimum absolute atomic E-state index is 0.149. The Balaban J connectivity index is 2.02. The van der Waals surface area contributed by atoms with Crippen LogP contribution in [0.5, 0.6) is 0 Å². The summed E-state index contributed by atoms with van der Waals surface area (Å²) in [4.78, 5) is 15.4. The first-order valence-electron chi connectivity index (χ1n) is 5.47. The summed E-state index contributed by atoms with van der Waals surface area (Å²) in [6.07, 6.45) is 3.32. The largest absolute Gasteiger partial charge is 0.349 e. The van der Waals surface area contributed by atoms with E-state index in [1.54, 1.807) is 6.20 Å². The number of fused-ring (bicyclic) bond motifs is 1. The van der Waals surface area contributed by atoms with E-state index in [0.29, 0.717) is 6.42 Å². The number of nitrogens with one attached hydrogen (secondary N) is 1. The summed E-state index contributed by atoms with van der Waals surface area (Å²) in [6, 6.07) is 10.3. The first kappa shape index (κ1) is 9.33. The van der Waals surface area contributed by atoms with Gasteiger partial charge in [-0.05, 0) is 30.2 Å². The van der Waals surface area contributed by atoms with Gasteiger partial charge >= 0.3 is 0 Å². The molecule has 1 amide bonds. The molecule has 1 N–H and O–H groups in total. The number of hydrogen-bond donors (Lipinski definition) is 1. The van der Waals surface area contributed by atoms with Crippen LogP contribution in [0.2, 0.25) is 0 Å². The Bertz CT molecular complexity index is 550. The maximum Gasteiger partial charge on any atom is 0.220 e. The average molecular weight is 212 g/mol. The van der Waals surface area contributed by atoms with Crippen molar-refractivity contribution in [2.75, 3.05) is 0 Å². The number of pyridine rings is 1. The average Bonchev–Trinajstić information content (AvgIpc) is 2.75. The van der Waals surface area contributed by atoms with E-state index in [0.717, 1.165) is 17.3 Å². The highest BCUT2D eigenvalue weighted by Gasteiger charge is 2.22. The highest BCUT2D eigenvalue weighted by atomic mass is 16.1. The lowest BCUT2D eigenvalue weighted by Gasteiger charge is -2.10. The Morgan fingerprint density at radius 1 is 1.31 bits per heavy atom. The van der Waals surface area contributed by atoms with Crippen molar-refractivity contribution < 1.29 is 4.79 Å². The van der Waals surface area contributed by atoms with Crippen LogP contribution in [0.1, 0.15) is 24.4 Å². The van der Waals surface area contributed by atoms with E-state index in [9.17, 15) is 4.79 Å². The predicted molar refractivity (Wildman–Crippen MR) is 61.9 cm³/mol. The van der Waals surface area contributed by atoms with Crippen LogP contribution in [-0.2, 0) is 4.79 Å². The van der Waals surface area contributed by atoms with Crippen LogP contribution in [0, 0.1) is 0 Å². The molecule has 2 aromatic rings. The van der Waals surface area contributed by atoms with E-state index < -0.39 is 0 Å². The Hall–Kier alpha value is -1.90. The maximum absolute atomic E-state index is 11.2. The van der Waals surface area contributed by atoms with Crippen LogP contribution < -0.4 is 5.32 Å². The molecule has 3 nitrogen and oxygen atoms in total. The predicted octanol–water partition coefficient (Wildman–Crippen LogP) is 2.19. The molecule has 1 atom stereocenters. The number of carbonyl (C=O) groups is 1. The molecule has 0 aliphatic carbocycles. The van der Waals surface area contributed by atoms with Crippen molar-refractivity contribution in [1.82, 2.24) is 10.3 Å². The highest BCUT2D eigenvalue weighted by Crippen LogP contribution is 2.25. The standard InChI is InChI=1S/C13H12N2O/c16-13-6-5-12(15-13)10-3-4-11-9(8-10)2-1-7-14-11/h1-4,7-8,12H,5-6H2,(H,15,16). The Labute approximate surface area is 93.5 Å². The van der Waals surface area contributed by atoms with Gasteiger partial charge in [-0.1, -0.05) is 12.1 Å². The molecule has 1 aromatic heterocycles. The number of benzene rings is 1. The van der Waals surface area contributed by atoms with Crippen LogP contribution in [-0.4, -0.2) is 10.9 Å². The highest BCUT2D eigenvalue weighted by molar-refractivity contribution is 5.81. The van der Waals surface area contributed by atoms with Crippen LogP contribution in [0.25, 0.3) is 10.9 Å². The van der Waals surface area contributed by atoms with Crippen LogP contribution in [0.15, 0.2) is 36.5 Å². The SMILES string of the molecule is O=C1CCC(c2ccc3ncccc3c2)N1. The van der Waals surface area contributed by atoms with Gasteiger partial charge in [0, 0.05) is 18.0 Å². The van der Waals surface area contributed by atoms with Gasteiger partial charge in [-0.25, -0.2) is 0 Å². The molecular weight excluding hydrogens is 200 g/mol. The van der Waals surface area contributed by atoms with E-state index in [1.807, 2.05) is 24.3 Å². The third-order valence-corrected chi connectivity index (χ3v) is 3.02. The number of nitrogens with zero attached hydrogens (tertiary/aromatic N) is 1. The van der Waals surface area contributed by atoms with Crippen LogP contribution >= 0.6 is 0 Å². The van der Waals surface area contributed by atoms with Crippen molar-refractivity contribution in [2.45, 2.75) is 18.9 Å². The zero-order valence-corrected chi connectivity index (χ0v) is 8.81. The molecule has 2 heterocycles. The summed E-state index contributed by atoms with van der Waals surface area (Å²) in [5, 5.41) is 4.10. The Kier molecular flexibility index (Phi) is 2.10. The lowest BCUT2D eigenvalue weighted by Crippen LogP contribution is -2.18. The van der Waals surface area contributed by atoms with Crippen molar-refractivity contribution in [3.8, 4) is 0 Å². The van der Waals surface area contributed by atoms with Gasteiger partial charge in [-0.15, -0.1) is 0 Å². The second-order valence-electron chi connectivity index (χ2n) is 4.11. The quantitative estimate of drug-likeness (QED) is 0.787. The normalized spacial score (nSPS) is 20.0. The fraction of sp³-hybridized carbons (Fsp3) is 0.231. The molecule has 1 aliphatic rings. The smallest absolute Gasteiger partial charge is 0.220 e. The molecule has 1 aliphatic heterocycles. The van der Waals surface area contributed by atoms with Crippen LogP contribution in [0.3, 0.4) is 0 Å². The molecule has 1 fully saturated rings. The van der Waals surface area contributed by atoms with Gasteiger partial charge in [-0.3, -0.25) is 9.78 Å². The van der Waals surface area contributed by atoms with Gasteiger partial charge < -0.3 is 5.32 Å². The number of hydrogen-bond acceptors (Lipinski definition) is 2. The van der Waals surface area contributed by atoms with Gasteiger partial charge in [0.25, 0.3) is 0 Å². The lowest BCUT2D eigenvalue weighted by molar-refractivity contribution is -0.119. The summed E-state index contributed by atoms with van der Waals surface area (Å²) in [5.41, 5.74) is 2.17. The molecule has 16 heavy (non-hydrogen) atoms. The lowest BCUT2D eigenvalue weighted by atomic mass is 10.0. The second kappa shape index (κ2) is 3.59. The van der Waals surface area contributed by atoms with Crippen molar-refractivity contribution in [1.29, 1.82) is 0 Å². The Morgan fingerprint density at radius 3 is 3.06 bits per heavy atom. The van der Waals surface area contributed by atoms with Crippen molar-refractivity contribution >= 4 is 16.8 Å². The fourth-order valence-electron chi connectivity index (χ4n) is 2.17. The van der Waals surface area contributed by atoms with Gasteiger partial charge in [0.15, 0.2) is 0 Å². The molecule has 0 bridgehead atoms. The summed E-state index contributed by atoms with van der Waals surface area (Å²) < 4.78 is 0. The summed E-state index contributed by atoms with van der Waals surface area (Å²) in [6.45, 7) is 0. The summed E-state index contributed by atoms with van der Waals surface area (Å²) in [7, 11) is 0. The summed E-state index contributed by atoms with van der Waals surface area (Å²) >= 11 is 0. The van der Waals surface area contributed by atoms with E-state index in [-0.39, 0.29) is 11.9 Å². The van der Waals surface area contributed by atoms with E-state index in [1.165, 1.54) is 5.56 Å². The zero-order valence-electron chi connectivity index (χ0n) is 8.81. The van der Waals surface area contributed by atoms with E-state index in [4.69, 9.17) is 0 Å². The fourth-order valence-corrected chi connectivity index (χ4v) is 2.17. The van der Waals surface area contributed by atoms with Gasteiger partial charge in [-0.2, -0.15) is 0 Å². The molecule has 3 heteroatoms. The van der Waals surface area contributed by atoms with Crippen molar-refractivity contribution in [3.63, 3.8) is 0 Å². The number of rotatable bonds is 1. The first-order chi connectivity index (χ1) is 7.83. The third kappa shape index (κ3) is 1.54. The Morgan fingerprint density at radius 2 is 2.25 bits per heavy atom. The van der Waals surface area contributed by atoms with Gasteiger partial charge in [0.05, 0.1) is 11.6 Å². The molecule has 1 saturated heterocycles. The molecule has 80 valence electrons. The second-order valence-corrected chi connectivity index (χ2v) is 4.11. The molecule has 1 aromatic carbocycles. The molecule has 0 spiro atoms. The summed E-state index contributed by atoms with van der Waals surface area (Å²) in [5.74, 6) is 0.149. The molecule has 0 radical (unpaired) electrons. The number of carbonyl (C=O) groups excluding carboxylic acids is 1.